The molecular weight excluding hydrogens is 344 g/mol. The second-order valence-corrected chi connectivity index (χ2v) is 6.96. The molecule has 2 aliphatic rings. The second-order valence-electron chi connectivity index (χ2n) is 6.96. The molecular formula is C19H24N6O2. The van der Waals surface area contributed by atoms with Gasteiger partial charge in [-0.3, -0.25) is 4.79 Å². The van der Waals surface area contributed by atoms with Gasteiger partial charge < -0.3 is 20.3 Å². The first-order chi connectivity index (χ1) is 13.2. The Balaban J connectivity index is 1.32. The molecule has 4 heterocycles. The van der Waals surface area contributed by atoms with E-state index in [4.69, 9.17) is 10.5 Å². The normalized spacial score (nSPS) is 17.9. The maximum atomic E-state index is 12.4. The molecule has 142 valence electrons. The van der Waals surface area contributed by atoms with Gasteiger partial charge in [0.15, 0.2) is 0 Å². The van der Waals surface area contributed by atoms with E-state index >= 15 is 0 Å². The molecule has 2 N–H and O–H groups in total. The van der Waals surface area contributed by atoms with Crippen molar-refractivity contribution in [2.24, 2.45) is 0 Å². The lowest BCUT2D eigenvalue weighted by Gasteiger charge is -2.32. The summed E-state index contributed by atoms with van der Waals surface area (Å²) in [5.74, 6) is 1.72. The predicted molar refractivity (Wildman–Crippen MR) is 102 cm³/mol. The summed E-state index contributed by atoms with van der Waals surface area (Å²) in [6.45, 7) is 3.40. The van der Waals surface area contributed by atoms with Crippen LogP contribution in [0.15, 0.2) is 30.6 Å². The summed E-state index contributed by atoms with van der Waals surface area (Å²) in [4.78, 5) is 29.0. The second kappa shape index (κ2) is 7.77. The smallest absolute Gasteiger partial charge is 0.255 e. The molecule has 2 aliphatic heterocycles. The topological polar surface area (TPSA) is 97.5 Å². The number of nitrogens with zero attached hydrogens (tertiary/aromatic N) is 5. The van der Waals surface area contributed by atoms with Crippen LogP contribution in [0.4, 0.5) is 11.8 Å². The van der Waals surface area contributed by atoms with Crippen molar-refractivity contribution in [3.63, 3.8) is 0 Å². The number of rotatable bonds is 4. The molecule has 2 fully saturated rings. The lowest BCUT2D eigenvalue weighted by molar-refractivity contribution is 0.0792. The maximum absolute atomic E-state index is 12.4. The fourth-order valence-corrected chi connectivity index (χ4v) is 3.60. The molecule has 2 aromatic rings. The van der Waals surface area contributed by atoms with Crippen molar-refractivity contribution in [3.05, 3.63) is 36.2 Å². The molecule has 27 heavy (non-hydrogen) atoms. The average Bonchev–Trinajstić information content (AvgIpc) is 3.23. The van der Waals surface area contributed by atoms with Gasteiger partial charge in [0.1, 0.15) is 11.9 Å². The third-order valence-corrected chi connectivity index (χ3v) is 5.09. The summed E-state index contributed by atoms with van der Waals surface area (Å²) in [5, 5.41) is 0. The number of anilines is 2. The van der Waals surface area contributed by atoms with Gasteiger partial charge in [-0.25, -0.2) is 9.97 Å². The van der Waals surface area contributed by atoms with E-state index in [1.165, 1.54) is 0 Å². The number of nitrogens with two attached hydrogens (primary N) is 1. The molecule has 0 radical (unpaired) electrons. The van der Waals surface area contributed by atoms with Crippen LogP contribution in [0.5, 0.6) is 5.88 Å². The number of amides is 1. The van der Waals surface area contributed by atoms with Crippen LogP contribution in [0, 0.1) is 0 Å². The summed E-state index contributed by atoms with van der Waals surface area (Å²) < 4.78 is 5.90. The lowest BCUT2D eigenvalue weighted by atomic mass is 10.1. The first-order valence-corrected chi connectivity index (χ1v) is 9.44. The van der Waals surface area contributed by atoms with Gasteiger partial charge in [-0.15, -0.1) is 0 Å². The van der Waals surface area contributed by atoms with Gasteiger partial charge in [0, 0.05) is 57.5 Å². The number of likely N-dealkylation sites (tertiary alicyclic amines) is 1. The first kappa shape index (κ1) is 17.5. The first-order valence-electron chi connectivity index (χ1n) is 9.44. The Labute approximate surface area is 158 Å². The molecule has 0 bridgehead atoms. The monoisotopic (exact) mass is 368 g/mol. The van der Waals surface area contributed by atoms with Crippen molar-refractivity contribution in [1.82, 2.24) is 19.9 Å². The van der Waals surface area contributed by atoms with Crippen LogP contribution in [0.25, 0.3) is 0 Å². The number of hydrogen-bond acceptors (Lipinski definition) is 7. The molecule has 0 aliphatic carbocycles. The Morgan fingerprint density at radius 2 is 1.85 bits per heavy atom. The zero-order valence-electron chi connectivity index (χ0n) is 15.3. The summed E-state index contributed by atoms with van der Waals surface area (Å²) in [6, 6.07) is 5.55. The van der Waals surface area contributed by atoms with Crippen LogP contribution in [0.2, 0.25) is 0 Å². The molecule has 8 heteroatoms. The highest BCUT2D eigenvalue weighted by molar-refractivity contribution is 5.94. The number of ether oxygens (including phenoxy) is 1. The highest BCUT2D eigenvalue weighted by Gasteiger charge is 2.23. The third kappa shape index (κ3) is 4.10. The average molecular weight is 368 g/mol. The number of aromatic nitrogens is 3. The Morgan fingerprint density at radius 3 is 2.52 bits per heavy atom. The fourth-order valence-electron chi connectivity index (χ4n) is 3.60. The largest absolute Gasteiger partial charge is 0.474 e. The van der Waals surface area contributed by atoms with Crippen LogP contribution in [-0.4, -0.2) is 58.0 Å². The van der Waals surface area contributed by atoms with Crippen LogP contribution in [-0.2, 0) is 0 Å². The molecule has 8 nitrogen and oxygen atoms in total. The molecule has 0 spiro atoms. The minimum Gasteiger partial charge on any atom is -0.474 e. The minimum atomic E-state index is 0.0859. The van der Waals surface area contributed by atoms with Crippen LogP contribution in [0.3, 0.4) is 0 Å². The van der Waals surface area contributed by atoms with Crippen molar-refractivity contribution in [2.45, 2.75) is 31.8 Å². The zero-order chi connectivity index (χ0) is 18.6. The van der Waals surface area contributed by atoms with Gasteiger partial charge in [0.05, 0.1) is 5.56 Å². The molecule has 4 rings (SSSR count). The number of piperidine rings is 1. The van der Waals surface area contributed by atoms with Gasteiger partial charge in [0.2, 0.25) is 11.8 Å². The Morgan fingerprint density at radius 1 is 1.07 bits per heavy atom. The number of carbonyl (C=O) groups is 1. The van der Waals surface area contributed by atoms with Gasteiger partial charge >= 0.3 is 0 Å². The Kier molecular flexibility index (Phi) is 5.04. The van der Waals surface area contributed by atoms with E-state index < -0.39 is 0 Å². The molecule has 0 aromatic carbocycles. The van der Waals surface area contributed by atoms with Crippen LogP contribution >= 0.6 is 0 Å². The number of nitrogen functional groups attached to an aromatic ring is 1. The summed E-state index contributed by atoms with van der Waals surface area (Å²) >= 11 is 0. The summed E-state index contributed by atoms with van der Waals surface area (Å²) in [5.41, 5.74) is 6.26. The quantitative estimate of drug-likeness (QED) is 0.878. The van der Waals surface area contributed by atoms with Gasteiger partial charge in [-0.05, 0) is 25.0 Å². The van der Waals surface area contributed by atoms with Crippen LogP contribution < -0.4 is 15.4 Å². The van der Waals surface area contributed by atoms with E-state index in [1.54, 1.807) is 18.5 Å². The van der Waals surface area contributed by atoms with E-state index in [9.17, 15) is 4.79 Å². The standard InChI is InChI=1S/C19H24N6O2/c20-19-21-8-5-17(23-19)27-15-6-11-24(12-7-15)16-4-3-14(13-22-16)18(26)25-9-1-2-10-25/h3-5,8,13,15H,1-2,6-7,9-12H2,(H2,20,21,23). The fraction of sp³-hybridized carbons (Fsp3) is 0.474. The van der Waals surface area contributed by atoms with Crippen molar-refractivity contribution >= 4 is 17.7 Å². The Hall–Kier alpha value is -2.90. The molecule has 1 amide bonds. The van der Waals surface area contributed by atoms with Gasteiger partial charge in [-0.1, -0.05) is 0 Å². The van der Waals surface area contributed by atoms with Crippen LogP contribution in [0.1, 0.15) is 36.0 Å². The molecule has 0 atom stereocenters. The van der Waals surface area contributed by atoms with Crippen molar-refractivity contribution in [1.29, 1.82) is 0 Å². The van der Waals surface area contributed by atoms with E-state index in [0.29, 0.717) is 11.4 Å². The predicted octanol–water partition coefficient (Wildman–Crippen LogP) is 1.74. The highest BCUT2D eigenvalue weighted by atomic mass is 16.5. The third-order valence-electron chi connectivity index (χ3n) is 5.09. The van der Waals surface area contributed by atoms with Gasteiger partial charge in [0.25, 0.3) is 5.91 Å². The van der Waals surface area contributed by atoms with E-state index in [2.05, 4.69) is 19.9 Å². The molecule has 2 saturated heterocycles. The number of carbonyl (C=O) groups excluding carboxylic acids is 1. The van der Waals surface area contributed by atoms with Crippen molar-refractivity contribution in [3.8, 4) is 5.88 Å². The van der Waals surface area contributed by atoms with Gasteiger partial charge in [-0.2, -0.15) is 4.98 Å². The molecule has 0 unspecified atom stereocenters. The number of pyridine rings is 1. The Bertz CT molecular complexity index is 783. The van der Waals surface area contributed by atoms with Crippen molar-refractivity contribution < 1.29 is 9.53 Å². The van der Waals surface area contributed by atoms with E-state index in [0.717, 1.165) is 57.7 Å². The van der Waals surface area contributed by atoms with Crippen molar-refractivity contribution in [2.75, 3.05) is 36.8 Å². The highest BCUT2D eigenvalue weighted by Crippen LogP contribution is 2.22. The SMILES string of the molecule is Nc1nccc(OC2CCN(c3ccc(C(=O)N4CCCC4)cn3)CC2)n1. The number of hydrogen-bond donors (Lipinski definition) is 1. The maximum Gasteiger partial charge on any atom is 0.255 e. The van der Waals surface area contributed by atoms with E-state index in [1.807, 2.05) is 17.0 Å². The minimum absolute atomic E-state index is 0.0859. The zero-order valence-corrected chi connectivity index (χ0v) is 15.3. The summed E-state index contributed by atoms with van der Waals surface area (Å²) in [7, 11) is 0. The molecule has 0 saturated carbocycles. The molecule has 2 aromatic heterocycles. The summed E-state index contributed by atoms with van der Waals surface area (Å²) in [6.07, 6.45) is 7.34. The lowest BCUT2D eigenvalue weighted by Crippen LogP contribution is -2.38. The van der Waals surface area contributed by atoms with E-state index in [-0.39, 0.29) is 18.0 Å².